The van der Waals surface area contributed by atoms with Gasteiger partial charge in [-0.25, -0.2) is 4.79 Å². The Morgan fingerprint density at radius 3 is 2.30 bits per heavy atom. The van der Waals surface area contributed by atoms with Crippen LogP contribution in [0, 0.1) is 0 Å². The molecule has 1 amide bonds. The second kappa shape index (κ2) is 7.67. The molecule has 2 aliphatic rings. The van der Waals surface area contributed by atoms with Crippen LogP contribution in [0.2, 0.25) is 0 Å². The fourth-order valence-electron chi connectivity index (χ4n) is 2.99. The second-order valence-electron chi connectivity index (χ2n) is 8.11. The summed E-state index contributed by atoms with van der Waals surface area (Å²) in [4.78, 5) is 16.2. The van der Waals surface area contributed by atoms with Gasteiger partial charge in [-0.05, 0) is 60.5 Å². The molecule has 5 nitrogen and oxygen atoms in total. The Bertz CT molecular complexity index is 424. The summed E-state index contributed by atoms with van der Waals surface area (Å²) in [7, 11) is 0. The van der Waals surface area contributed by atoms with E-state index in [-0.39, 0.29) is 6.09 Å². The average Bonchev–Trinajstić information content (AvgIpc) is 2.39. The summed E-state index contributed by atoms with van der Waals surface area (Å²) >= 11 is 0. The molecule has 2 saturated heterocycles. The van der Waals surface area contributed by atoms with Crippen LogP contribution in [-0.4, -0.2) is 66.3 Å². The number of hydrogen-bond donors (Lipinski definition) is 1. The average molecular weight is 323 g/mol. The summed E-state index contributed by atoms with van der Waals surface area (Å²) in [5, 5.41) is 3.70. The van der Waals surface area contributed by atoms with E-state index in [1.807, 2.05) is 20.8 Å². The molecule has 0 saturated carbocycles. The van der Waals surface area contributed by atoms with E-state index < -0.39 is 5.60 Å². The summed E-state index contributed by atoms with van der Waals surface area (Å²) in [6.07, 6.45) is 4.50. The zero-order chi connectivity index (χ0) is 17.0. The lowest BCUT2D eigenvalue weighted by Gasteiger charge is -2.43. The van der Waals surface area contributed by atoms with Gasteiger partial charge in [-0.1, -0.05) is 11.6 Å². The van der Waals surface area contributed by atoms with Crippen LogP contribution in [0.5, 0.6) is 0 Å². The molecule has 5 heteroatoms. The maximum Gasteiger partial charge on any atom is 0.410 e. The Kier molecular flexibility index (Phi) is 6.09. The molecule has 1 N–H and O–H groups in total. The van der Waals surface area contributed by atoms with E-state index in [9.17, 15) is 4.79 Å². The summed E-state index contributed by atoms with van der Waals surface area (Å²) in [6, 6.07) is 1.01. The third-order valence-electron chi connectivity index (χ3n) is 4.35. The fraction of sp³-hybridized carbons (Fsp3) is 0.833. The van der Waals surface area contributed by atoms with Gasteiger partial charge in [0.1, 0.15) is 5.60 Å². The van der Waals surface area contributed by atoms with E-state index in [1.54, 1.807) is 4.90 Å². The van der Waals surface area contributed by atoms with Crippen molar-refractivity contribution in [2.24, 2.45) is 0 Å². The summed E-state index contributed by atoms with van der Waals surface area (Å²) < 4.78 is 5.39. The van der Waals surface area contributed by atoms with E-state index in [4.69, 9.17) is 4.74 Å². The molecular formula is C18H33N3O2. The minimum absolute atomic E-state index is 0.188. The topological polar surface area (TPSA) is 44.8 Å². The molecule has 2 fully saturated rings. The van der Waals surface area contributed by atoms with Gasteiger partial charge < -0.3 is 15.0 Å². The van der Waals surface area contributed by atoms with Crippen LogP contribution in [0.3, 0.4) is 0 Å². The largest absolute Gasteiger partial charge is 0.444 e. The second-order valence-corrected chi connectivity index (χ2v) is 8.11. The molecule has 0 aliphatic carbocycles. The van der Waals surface area contributed by atoms with Gasteiger partial charge in [0.05, 0.1) is 0 Å². The first-order valence-corrected chi connectivity index (χ1v) is 8.82. The van der Waals surface area contributed by atoms with Crippen molar-refractivity contribution >= 4 is 6.09 Å². The molecule has 0 aromatic rings. The third kappa shape index (κ3) is 6.15. The van der Waals surface area contributed by atoms with Crippen molar-refractivity contribution < 1.29 is 9.53 Å². The minimum Gasteiger partial charge on any atom is -0.444 e. The number of nitrogens with one attached hydrogen (secondary N) is 1. The number of hydrogen-bond acceptors (Lipinski definition) is 4. The maximum atomic E-state index is 11.9. The Balaban J connectivity index is 1.62. The number of ether oxygens (including phenoxy) is 1. The van der Waals surface area contributed by atoms with Crippen LogP contribution in [-0.2, 0) is 4.74 Å². The smallest absolute Gasteiger partial charge is 0.410 e. The first kappa shape index (κ1) is 18.3. The first-order chi connectivity index (χ1) is 10.7. The summed E-state index contributed by atoms with van der Waals surface area (Å²) in [5.74, 6) is 0. The predicted octanol–water partition coefficient (Wildman–Crippen LogP) is 2.63. The zero-order valence-corrected chi connectivity index (χ0v) is 15.4. The van der Waals surface area contributed by atoms with Crippen molar-refractivity contribution in [1.29, 1.82) is 0 Å². The van der Waals surface area contributed by atoms with Gasteiger partial charge in [0, 0.05) is 31.7 Å². The van der Waals surface area contributed by atoms with Crippen molar-refractivity contribution in [2.75, 3.05) is 32.7 Å². The van der Waals surface area contributed by atoms with E-state index in [0.29, 0.717) is 12.1 Å². The minimum atomic E-state index is -0.409. The molecule has 2 aliphatic heterocycles. The lowest BCUT2D eigenvalue weighted by atomic mass is 10.0. The highest BCUT2D eigenvalue weighted by Gasteiger charge is 2.35. The maximum absolute atomic E-state index is 11.9. The van der Waals surface area contributed by atoms with E-state index in [2.05, 4.69) is 30.1 Å². The van der Waals surface area contributed by atoms with Gasteiger partial charge in [-0.2, -0.15) is 0 Å². The zero-order valence-electron chi connectivity index (χ0n) is 15.4. The molecule has 0 unspecified atom stereocenters. The van der Waals surface area contributed by atoms with Crippen LogP contribution >= 0.6 is 0 Å². The van der Waals surface area contributed by atoms with Crippen LogP contribution in [0.15, 0.2) is 11.6 Å². The number of rotatable bonds is 4. The van der Waals surface area contributed by atoms with Gasteiger partial charge in [0.2, 0.25) is 0 Å². The molecule has 2 rings (SSSR count). The lowest BCUT2D eigenvalue weighted by molar-refractivity contribution is 0.00322. The van der Waals surface area contributed by atoms with Crippen LogP contribution in [0.1, 0.15) is 47.5 Å². The normalized spacial score (nSPS) is 21.0. The number of carbonyl (C=O) groups excluding carboxylic acids is 1. The standard InChI is InChI=1S/C18H33N3O2/c1-14(2)6-9-20-10-7-15(8-11-20)19-16-12-21(13-16)17(22)23-18(3,4)5/h6,15-16,19H,7-13H2,1-5H3. The van der Waals surface area contributed by atoms with Crippen molar-refractivity contribution in [1.82, 2.24) is 15.1 Å². The van der Waals surface area contributed by atoms with Crippen molar-refractivity contribution in [3.05, 3.63) is 11.6 Å². The monoisotopic (exact) mass is 323 g/mol. The number of allylic oxidation sites excluding steroid dienone is 1. The molecule has 0 radical (unpaired) electrons. The molecular weight excluding hydrogens is 290 g/mol. The molecule has 0 aromatic carbocycles. The molecule has 0 bridgehead atoms. The van der Waals surface area contributed by atoms with Gasteiger partial charge in [-0.15, -0.1) is 0 Å². The molecule has 23 heavy (non-hydrogen) atoms. The Hall–Kier alpha value is -1.07. The lowest BCUT2D eigenvalue weighted by Crippen LogP contribution is -2.63. The fourth-order valence-corrected chi connectivity index (χ4v) is 2.99. The van der Waals surface area contributed by atoms with E-state index >= 15 is 0 Å². The van der Waals surface area contributed by atoms with E-state index in [1.165, 1.54) is 18.4 Å². The SMILES string of the molecule is CC(C)=CCN1CCC(NC2CN(C(=O)OC(C)(C)C)C2)CC1. The highest BCUT2D eigenvalue weighted by molar-refractivity contribution is 5.69. The highest BCUT2D eigenvalue weighted by atomic mass is 16.6. The Labute approximate surface area is 141 Å². The molecule has 0 atom stereocenters. The molecule has 0 aromatic heterocycles. The van der Waals surface area contributed by atoms with Crippen molar-refractivity contribution in [3.8, 4) is 0 Å². The summed E-state index contributed by atoms with van der Waals surface area (Å²) in [5.41, 5.74) is 0.982. The van der Waals surface area contributed by atoms with Gasteiger partial charge in [0.15, 0.2) is 0 Å². The van der Waals surface area contributed by atoms with Crippen LogP contribution in [0.4, 0.5) is 4.79 Å². The van der Waals surface area contributed by atoms with Gasteiger partial charge >= 0.3 is 6.09 Å². The number of likely N-dealkylation sites (tertiary alicyclic amines) is 2. The molecule has 2 heterocycles. The Morgan fingerprint density at radius 1 is 1.17 bits per heavy atom. The van der Waals surface area contributed by atoms with Crippen molar-refractivity contribution in [2.45, 2.75) is 65.1 Å². The summed E-state index contributed by atoms with van der Waals surface area (Å²) in [6.45, 7) is 15.0. The van der Waals surface area contributed by atoms with E-state index in [0.717, 1.165) is 32.7 Å². The molecule has 0 spiro atoms. The Morgan fingerprint density at radius 2 is 1.78 bits per heavy atom. The molecule has 132 valence electrons. The number of carbonyl (C=O) groups is 1. The first-order valence-electron chi connectivity index (χ1n) is 8.82. The highest BCUT2D eigenvalue weighted by Crippen LogP contribution is 2.18. The third-order valence-corrected chi connectivity index (χ3v) is 4.35. The number of nitrogens with zero attached hydrogens (tertiary/aromatic N) is 2. The van der Waals surface area contributed by atoms with Crippen molar-refractivity contribution in [3.63, 3.8) is 0 Å². The van der Waals surface area contributed by atoms with Crippen LogP contribution < -0.4 is 5.32 Å². The van der Waals surface area contributed by atoms with Gasteiger partial charge in [0.25, 0.3) is 0 Å². The van der Waals surface area contributed by atoms with Gasteiger partial charge in [-0.3, -0.25) is 4.90 Å². The quantitative estimate of drug-likeness (QED) is 0.808. The number of piperidine rings is 1. The van der Waals surface area contributed by atoms with Crippen LogP contribution in [0.25, 0.3) is 0 Å². The predicted molar refractivity (Wildman–Crippen MR) is 93.6 cm³/mol. The number of amides is 1.